The van der Waals surface area contributed by atoms with Crippen LogP contribution in [0.25, 0.3) is 0 Å². The molecule has 1 aromatic rings. The van der Waals surface area contributed by atoms with E-state index in [9.17, 15) is 9.59 Å². The monoisotopic (exact) mass is 290 g/mol. The summed E-state index contributed by atoms with van der Waals surface area (Å²) in [4.78, 5) is 24.5. The van der Waals surface area contributed by atoms with E-state index in [0.717, 1.165) is 12.0 Å². The molecule has 2 atom stereocenters. The van der Waals surface area contributed by atoms with Gasteiger partial charge in [0.2, 0.25) is 5.91 Å². The van der Waals surface area contributed by atoms with Crippen LogP contribution in [0.2, 0.25) is 0 Å². The van der Waals surface area contributed by atoms with Gasteiger partial charge in [-0.25, -0.2) is 0 Å². The second-order valence-electron chi connectivity index (χ2n) is 5.88. The first-order valence-corrected chi connectivity index (χ1v) is 7.53. The van der Waals surface area contributed by atoms with Gasteiger partial charge in [0.25, 0.3) is 5.91 Å². The number of aryl methyl sites for hydroxylation is 1. The molecule has 0 spiro atoms. The number of amides is 2. The van der Waals surface area contributed by atoms with Crippen molar-refractivity contribution in [2.24, 2.45) is 5.92 Å². The van der Waals surface area contributed by atoms with E-state index in [0.29, 0.717) is 5.56 Å². The summed E-state index contributed by atoms with van der Waals surface area (Å²) in [6.45, 7) is 9.76. The minimum absolute atomic E-state index is 0.0304. The lowest BCUT2D eigenvalue weighted by atomic mass is 10.0. The second-order valence-corrected chi connectivity index (χ2v) is 5.88. The van der Waals surface area contributed by atoms with Gasteiger partial charge in [-0.1, -0.05) is 38.5 Å². The van der Waals surface area contributed by atoms with Crippen molar-refractivity contribution in [3.63, 3.8) is 0 Å². The first-order valence-electron chi connectivity index (χ1n) is 7.53. The van der Waals surface area contributed by atoms with Gasteiger partial charge in [0, 0.05) is 11.6 Å². The highest BCUT2D eigenvalue weighted by Crippen LogP contribution is 2.08. The van der Waals surface area contributed by atoms with Gasteiger partial charge in [-0.3, -0.25) is 9.59 Å². The molecular weight excluding hydrogens is 264 g/mol. The third kappa shape index (κ3) is 5.21. The van der Waals surface area contributed by atoms with E-state index in [1.807, 2.05) is 52.8 Å². The Bertz CT molecular complexity index is 497. The Morgan fingerprint density at radius 1 is 1.14 bits per heavy atom. The molecule has 0 aliphatic carbocycles. The molecule has 1 aromatic carbocycles. The Hall–Kier alpha value is -1.84. The smallest absolute Gasteiger partial charge is 0.251 e. The third-order valence-electron chi connectivity index (χ3n) is 3.52. The molecule has 0 saturated carbocycles. The Balaban J connectivity index is 2.79. The van der Waals surface area contributed by atoms with Gasteiger partial charge in [0.15, 0.2) is 0 Å². The maximum absolute atomic E-state index is 12.3. The summed E-state index contributed by atoms with van der Waals surface area (Å²) in [7, 11) is 0. The predicted molar refractivity (Wildman–Crippen MR) is 85.2 cm³/mol. The van der Waals surface area contributed by atoms with Crippen LogP contribution in [0.15, 0.2) is 24.3 Å². The van der Waals surface area contributed by atoms with Crippen LogP contribution in [0, 0.1) is 12.8 Å². The third-order valence-corrected chi connectivity index (χ3v) is 3.52. The maximum Gasteiger partial charge on any atom is 0.251 e. The van der Waals surface area contributed by atoms with Gasteiger partial charge in [0.05, 0.1) is 0 Å². The van der Waals surface area contributed by atoms with Crippen molar-refractivity contribution >= 4 is 11.8 Å². The maximum atomic E-state index is 12.3. The number of benzene rings is 1. The highest BCUT2D eigenvalue weighted by atomic mass is 16.2. The standard InChI is InChI=1S/C17H26N2O2/c1-6-13(5)18-17(21)15(11(2)3)19-16(20)14-9-7-8-12(4)10-14/h7-11,13,15H,6H2,1-5H3,(H,18,21)(H,19,20). The summed E-state index contributed by atoms with van der Waals surface area (Å²) in [6, 6.07) is 6.94. The summed E-state index contributed by atoms with van der Waals surface area (Å²) in [5.41, 5.74) is 1.60. The van der Waals surface area contributed by atoms with Crippen LogP contribution in [0.1, 0.15) is 50.0 Å². The first kappa shape index (κ1) is 17.2. The molecule has 0 aromatic heterocycles. The Morgan fingerprint density at radius 3 is 2.33 bits per heavy atom. The Morgan fingerprint density at radius 2 is 1.81 bits per heavy atom. The van der Waals surface area contributed by atoms with E-state index in [1.165, 1.54) is 0 Å². The highest BCUT2D eigenvalue weighted by Gasteiger charge is 2.25. The average Bonchev–Trinajstić information content (AvgIpc) is 2.43. The van der Waals surface area contributed by atoms with E-state index >= 15 is 0 Å². The molecule has 116 valence electrons. The number of hydrogen-bond donors (Lipinski definition) is 2. The van der Waals surface area contributed by atoms with Gasteiger partial charge in [0.1, 0.15) is 6.04 Å². The lowest BCUT2D eigenvalue weighted by molar-refractivity contribution is -0.124. The summed E-state index contributed by atoms with van der Waals surface area (Å²) < 4.78 is 0. The van der Waals surface area contributed by atoms with Gasteiger partial charge in [-0.2, -0.15) is 0 Å². The molecule has 0 aliphatic rings. The van der Waals surface area contributed by atoms with Gasteiger partial charge in [-0.05, 0) is 38.3 Å². The van der Waals surface area contributed by atoms with E-state index in [1.54, 1.807) is 6.07 Å². The fourth-order valence-corrected chi connectivity index (χ4v) is 1.98. The quantitative estimate of drug-likeness (QED) is 0.846. The Labute approximate surface area is 127 Å². The molecule has 0 aliphatic heterocycles. The molecule has 0 heterocycles. The minimum Gasteiger partial charge on any atom is -0.352 e. The van der Waals surface area contributed by atoms with Crippen LogP contribution in [0.3, 0.4) is 0 Å². The molecule has 0 saturated heterocycles. The summed E-state index contributed by atoms with van der Waals surface area (Å²) in [6.07, 6.45) is 0.863. The lowest BCUT2D eigenvalue weighted by Crippen LogP contribution is -2.51. The molecule has 2 amide bonds. The van der Waals surface area contributed by atoms with E-state index in [-0.39, 0.29) is 23.8 Å². The lowest BCUT2D eigenvalue weighted by Gasteiger charge is -2.23. The van der Waals surface area contributed by atoms with Crippen molar-refractivity contribution in [2.45, 2.75) is 53.1 Å². The summed E-state index contributed by atoms with van der Waals surface area (Å²) in [5.74, 6) is -0.306. The summed E-state index contributed by atoms with van der Waals surface area (Å²) in [5, 5.41) is 5.76. The SMILES string of the molecule is CCC(C)NC(=O)C(NC(=O)c1cccc(C)c1)C(C)C. The molecule has 0 fully saturated rings. The van der Waals surface area contributed by atoms with Crippen molar-refractivity contribution in [2.75, 3.05) is 0 Å². The second kappa shape index (κ2) is 7.81. The van der Waals surface area contributed by atoms with E-state index in [2.05, 4.69) is 10.6 Å². The van der Waals surface area contributed by atoms with E-state index < -0.39 is 6.04 Å². The van der Waals surface area contributed by atoms with Gasteiger partial charge >= 0.3 is 0 Å². The van der Waals surface area contributed by atoms with Crippen LogP contribution >= 0.6 is 0 Å². The molecule has 4 nitrogen and oxygen atoms in total. The number of carbonyl (C=O) groups is 2. The van der Waals surface area contributed by atoms with Crippen LogP contribution in [-0.4, -0.2) is 23.9 Å². The number of nitrogens with one attached hydrogen (secondary N) is 2. The molecule has 4 heteroatoms. The average molecular weight is 290 g/mol. The minimum atomic E-state index is -0.521. The first-order chi connectivity index (χ1) is 9.85. The molecular formula is C17H26N2O2. The zero-order valence-corrected chi connectivity index (χ0v) is 13.6. The zero-order chi connectivity index (χ0) is 16.0. The number of hydrogen-bond acceptors (Lipinski definition) is 2. The summed E-state index contributed by atoms with van der Waals surface area (Å²) >= 11 is 0. The number of rotatable bonds is 6. The molecule has 21 heavy (non-hydrogen) atoms. The highest BCUT2D eigenvalue weighted by molar-refractivity contribution is 5.97. The predicted octanol–water partition coefficient (Wildman–Crippen LogP) is 2.66. The molecule has 0 bridgehead atoms. The van der Waals surface area contributed by atoms with E-state index in [4.69, 9.17) is 0 Å². The normalized spacial score (nSPS) is 13.6. The molecule has 1 rings (SSSR count). The van der Waals surface area contributed by atoms with Crippen LogP contribution < -0.4 is 10.6 Å². The largest absolute Gasteiger partial charge is 0.352 e. The van der Waals surface area contributed by atoms with Crippen molar-refractivity contribution in [3.05, 3.63) is 35.4 Å². The fourth-order valence-electron chi connectivity index (χ4n) is 1.98. The van der Waals surface area contributed by atoms with Crippen LogP contribution in [0.4, 0.5) is 0 Å². The molecule has 2 N–H and O–H groups in total. The number of carbonyl (C=O) groups excluding carboxylic acids is 2. The van der Waals surface area contributed by atoms with Gasteiger partial charge < -0.3 is 10.6 Å². The van der Waals surface area contributed by atoms with Crippen LogP contribution in [0.5, 0.6) is 0 Å². The van der Waals surface area contributed by atoms with Crippen molar-refractivity contribution in [1.82, 2.24) is 10.6 Å². The molecule has 2 unspecified atom stereocenters. The topological polar surface area (TPSA) is 58.2 Å². The van der Waals surface area contributed by atoms with Crippen molar-refractivity contribution < 1.29 is 9.59 Å². The zero-order valence-electron chi connectivity index (χ0n) is 13.6. The van der Waals surface area contributed by atoms with Crippen LogP contribution in [-0.2, 0) is 4.79 Å². The fraction of sp³-hybridized carbons (Fsp3) is 0.529. The molecule has 0 radical (unpaired) electrons. The van der Waals surface area contributed by atoms with Crippen molar-refractivity contribution in [3.8, 4) is 0 Å². The Kier molecular flexibility index (Phi) is 6.40. The van der Waals surface area contributed by atoms with Gasteiger partial charge in [-0.15, -0.1) is 0 Å². The van der Waals surface area contributed by atoms with Crippen molar-refractivity contribution in [1.29, 1.82) is 0 Å².